The number of primary amides is 1. The van der Waals surface area contributed by atoms with E-state index in [0.29, 0.717) is 36.4 Å². The van der Waals surface area contributed by atoms with E-state index < -0.39 is 0 Å². The van der Waals surface area contributed by atoms with Gasteiger partial charge in [-0.3, -0.25) is 9.59 Å². The van der Waals surface area contributed by atoms with E-state index in [4.69, 9.17) is 5.73 Å². The minimum atomic E-state index is -0.273. The van der Waals surface area contributed by atoms with Crippen molar-refractivity contribution in [2.24, 2.45) is 11.7 Å². The maximum absolute atomic E-state index is 12.4. The normalized spacial score (nSPS) is 16.4. The lowest BCUT2D eigenvalue weighted by molar-refractivity contribution is -0.123. The standard InChI is InChI=1S/C13H15BrN2O2S/c14-9-1-2-10(11(19)7-9)13(18)16-5-3-8(4-6-16)12(15)17/h1-2,7-8,19H,3-6H2,(H2,15,17). The van der Waals surface area contributed by atoms with Gasteiger partial charge in [0.1, 0.15) is 0 Å². The summed E-state index contributed by atoms with van der Waals surface area (Å²) in [4.78, 5) is 25.8. The van der Waals surface area contributed by atoms with Crippen LogP contribution in [0, 0.1) is 5.92 Å². The van der Waals surface area contributed by atoms with Crippen molar-refractivity contribution in [1.82, 2.24) is 4.90 Å². The first kappa shape index (κ1) is 14.4. The van der Waals surface area contributed by atoms with Crippen LogP contribution in [0.3, 0.4) is 0 Å². The largest absolute Gasteiger partial charge is 0.369 e. The Morgan fingerprint density at radius 2 is 1.95 bits per heavy atom. The third-order valence-corrected chi connectivity index (χ3v) is 4.24. The van der Waals surface area contributed by atoms with Crippen LogP contribution < -0.4 is 5.73 Å². The number of piperidine rings is 1. The number of likely N-dealkylation sites (tertiary alicyclic amines) is 1. The fourth-order valence-corrected chi connectivity index (χ4v) is 3.07. The van der Waals surface area contributed by atoms with Gasteiger partial charge in [0.15, 0.2) is 0 Å². The number of nitrogens with zero attached hydrogens (tertiary/aromatic N) is 1. The number of carbonyl (C=O) groups is 2. The van der Waals surface area contributed by atoms with Gasteiger partial charge in [-0.25, -0.2) is 0 Å². The zero-order valence-corrected chi connectivity index (χ0v) is 12.8. The molecule has 102 valence electrons. The molecule has 0 spiro atoms. The summed E-state index contributed by atoms with van der Waals surface area (Å²) in [6.45, 7) is 1.13. The second kappa shape index (κ2) is 5.96. The molecule has 2 amide bonds. The molecule has 4 nitrogen and oxygen atoms in total. The van der Waals surface area contributed by atoms with Crippen LogP contribution in [0.2, 0.25) is 0 Å². The molecule has 0 bridgehead atoms. The van der Waals surface area contributed by atoms with Gasteiger partial charge in [-0.05, 0) is 31.0 Å². The van der Waals surface area contributed by atoms with Gasteiger partial charge in [0.2, 0.25) is 5.91 Å². The summed E-state index contributed by atoms with van der Waals surface area (Å²) in [5.41, 5.74) is 5.87. The first-order valence-electron chi connectivity index (χ1n) is 6.06. The summed E-state index contributed by atoms with van der Waals surface area (Å²) >= 11 is 7.67. The Labute approximate surface area is 125 Å². The molecule has 6 heteroatoms. The van der Waals surface area contributed by atoms with Gasteiger partial charge in [-0.1, -0.05) is 15.9 Å². The summed E-state index contributed by atoms with van der Waals surface area (Å²) in [6.07, 6.45) is 1.28. The number of halogens is 1. The number of amides is 2. The third-order valence-electron chi connectivity index (χ3n) is 3.37. The molecule has 0 aromatic heterocycles. The van der Waals surface area contributed by atoms with Gasteiger partial charge in [0.25, 0.3) is 5.91 Å². The monoisotopic (exact) mass is 342 g/mol. The molecular weight excluding hydrogens is 328 g/mol. The minimum Gasteiger partial charge on any atom is -0.369 e. The molecule has 1 saturated heterocycles. The van der Waals surface area contributed by atoms with Crippen molar-refractivity contribution in [3.63, 3.8) is 0 Å². The van der Waals surface area contributed by atoms with E-state index >= 15 is 0 Å². The predicted octanol–water partition coefficient (Wildman–Crippen LogP) is 2.08. The van der Waals surface area contributed by atoms with Crippen molar-refractivity contribution in [2.45, 2.75) is 17.7 Å². The van der Waals surface area contributed by atoms with Crippen molar-refractivity contribution in [1.29, 1.82) is 0 Å². The second-order valence-corrected chi connectivity index (χ2v) is 6.03. The first-order chi connectivity index (χ1) is 8.99. The highest BCUT2D eigenvalue weighted by atomic mass is 79.9. The van der Waals surface area contributed by atoms with E-state index in [0.717, 1.165) is 4.47 Å². The lowest BCUT2D eigenvalue weighted by Crippen LogP contribution is -2.41. The molecule has 1 aromatic carbocycles. The third kappa shape index (κ3) is 3.30. The molecule has 2 N–H and O–H groups in total. The fraction of sp³-hybridized carbons (Fsp3) is 0.385. The van der Waals surface area contributed by atoms with E-state index in [1.54, 1.807) is 17.0 Å². The predicted molar refractivity (Wildman–Crippen MR) is 79.2 cm³/mol. The number of hydrogen-bond acceptors (Lipinski definition) is 3. The second-order valence-electron chi connectivity index (χ2n) is 4.63. The molecule has 0 saturated carbocycles. The van der Waals surface area contributed by atoms with Crippen LogP contribution in [0.5, 0.6) is 0 Å². The van der Waals surface area contributed by atoms with Crippen molar-refractivity contribution >= 4 is 40.4 Å². The SMILES string of the molecule is NC(=O)C1CCN(C(=O)c2ccc(Br)cc2S)CC1. The van der Waals surface area contributed by atoms with E-state index in [2.05, 4.69) is 28.6 Å². The van der Waals surface area contributed by atoms with Crippen LogP contribution in [-0.4, -0.2) is 29.8 Å². The number of benzene rings is 1. The van der Waals surface area contributed by atoms with Gasteiger partial charge in [-0.2, -0.15) is 0 Å². The lowest BCUT2D eigenvalue weighted by Gasteiger charge is -2.30. The minimum absolute atomic E-state index is 0.0413. The molecule has 0 radical (unpaired) electrons. The fourth-order valence-electron chi connectivity index (χ4n) is 2.22. The van der Waals surface area contributed by atoms with Crippen LogP contribution in [0.25, 0.3) is 0 Å². The van der Waals surface area contributed by atoms with Gasteiger partial charge in [0, 0.05) is 28.4 Å². The summed E-state index contributed by atoms with van der Waals surface area (Å²) in [5, 5.41) is 0. The van der Waals surface area contributed by atoms with Gasteiger partial charge in [-0.15, -0.1) is 12.6 Å². The molecule has 2 rings (SSSR count). The van der Waals surface area contributed by atoms with E-state index in [1.807, 2.05) is 6.07 Å². The summed E-state index contributed by atoms with van der Waals surface area (Å²) in [7, 11) is 0. The number of carbonyl (C=O) groups excluding carboxylic acids is 2. The Hall–Kier alpha value is -1.01. The molecule has 1 heterocycles. The molecule has 1 aliphatic heterocycles. The van der Waals surface area contributed by atoms with E-state index in [9.17, 15) is 9.59 Å². The summed E-state index contributed by atoms with van der Waals surface area (Å²) in [6, 6.07) is 5.38. The van der Waals surface area contributed by atoms with E-state index in [-0.39, 0.29) is 17.7 Å². The molecule has 1 aromatic rings. The van der Waals surface area contributed by atoms with Gasteiger partial charge in [0.05, 0.1) is 5.56 Å². The topological polar surface area (TPSA) is 63.4 Å². The zero-order chi connectivity index (χ0) is 14.0. The molecule has 1 fully saturated rings. The van der Waals surface area contributed by atoms with Crippen LogP contribution in [0.1, 0.15) is 23.2 Å². The molecule has 19 heavy (non-hydrogen) atoms. The number of thiol groups is 1. The van der Waals surface area contributed by atoms with Crippen molar-refractivity contribution in [3.8, 4) is 0 Å². The Balaban J connectivity index is 2.07. The Kier molecular flexibility index (Phi) is 4.52. The number of hydrogen-bond donors (Lipinski definition) is 2. The zero-order valence-electron chi connectivity index (χ0n) is 10.3. The quantitative estimate of drug-likeness (QED) is 0.808. The van der Waals surface area contributed by atoms with E-state index in [1.165, 1.54) is 0 Å². The van der Waals surface area contributed by atoms with Crippen molar-refractivity contribution in [2.75, 3.05) is 13.1 Å². The highest BCUT2D eigenvalue weighted by Crippen LogP contribution is 2.24. The smallest absolute Gasteiger partial charge is 0.254 e. The van der Waals surface area contributed by atoms with Gasteiger partial charge < -0.3 is 10.6 Å². The molecule has 0 unspecified atom stereocenters. The van der Waals surface area contributed by atoms with Crippen molar-refractivity contribution in [3.05, 3.63) is 28.2 Å². The highest BCUT2D eigenvalue weighted by molar-refractivity contribution is 9.10. The Bertz CT molecular complexity index is 513. The average molecular weight is 343 g/mol. The number of nitrogens with two attached hydrogens (primary N) is 1. The average Bonchev–Trinajstić information content (AvgIpc) is 2.38. The molecule has 0 atom stereocenters. The molecule has 1 aliphatic rings. The van der Waals surface area contributed by atoms with Crippen LogP contribution >= 0.6 is 28.6 Å². The maximum Gasteiger partial charge on any atom is 0.254 e. The highest BCUT2D eigenvalue weighted by Gasteiger charge is 2.27. The van der Waals surface area contributed by atoms with Crippen LogP contribution in [0.15, 0.2) is 27.6 Å². The first-order valence-corrected chi connectivity index (χ1v) is 7.30. The van der Waals surface area contributed by atoms with Gasteiger partial charge >= 0.3 is 0 Å². The molecular formula is C13H15BrN2O2S. The van der Waals surface area contributed by atoms with Crippen molar-refractivity contribution < 1.29 is 9.59 Å². The summed E-state index contributed by atoms with van der Waals surface area (Å²) in [5.74, 6) is -0.421. The Morgan fingerprint density at radius 1 is 1.32 bits per heavy atom. The maximum atomic E-state index is 12.4. The number of rotatable bonds is 2. The van der Waals surface area contributed by atoms with Crippen LogP contribution in [0.4, 0.5) is 0 Å². The summed E-state index contributed by atoms with van der Waals surface area (Å²) < 4.78 is 0.890. The molecule has 0 aliphatic carbocycles. The van der Waals surface area contributed by atoms with Crippen LogP contribution in [-0.2, 0) is 4.79 Å². The Morgan fingerprint density at radius 3 is 2.47 bits per heavy atom. The lowest BCUT2D eigenvalue weighted by atomic mass is 9.96.